The third-order valence-corrected chi connectivity index (χ3v) is 5.66. The monoisotopic (exact) mass is 459 g/mol. The summed E-state index contributed by atoms with van der Waals surface area (Å²) in [4.78, 5) is 20.9. The van der Waals surface area contributed by atoms with Gasteiger partial charge in [0.15, 0.2) is 0 Å². The molecule has 1 amide bonds. The van der Waals surface area contributed by atoms with Crippen LogP contribution in [0.4, 0.5) is 17.3 Å². The number of rotatable bonds is 7. The first-order chi connectivity index (χ1) is 15.9. The van der Waals surface area contributed by atoms with Crippen molar-refractivity contribution in [2.75, 3.05) is 10.6 Å². The third-order valence-electron chi connectivity index (χ3n) is 4.75. The lowest BCUT2D eigenvalue weighted by atomic mass is 10.1. The van der Waals surface area contributed by atoms with Gasteiger partial charge >= 0.3 is 0 Å². The minimum Gasteiger partial charge on any atom is -0.326 e. The zero-order valence-corrected chi connectivity index (χ0v) is 18.3. The number of nitrogens with one attached hydrogen (secondary N) is 2. The van der Waals surface area contributed by atoms with Crippen LogP contribution in [0, 0.1) is 0 Å². The summed E-state index contributed by atoms with van der Waals surface area (Å²) < 4.78 is 23.1. The molecule has 0 atom stereocenters. The average molecular weight is 460 g/mol. The van der Waals surface area contributed by atoms with E-state index in [4.69, 9.17) is 5.14 Å². The van der Waals surface area contributed by atoms with Crippen molar-refractivity contribution in [2.24, 2.45) is 5.14 Å². The van der Waals surface area contributed by atoms with Gasteiger partial charge in [-0.1, -0.05) is 48.5 Å². The maximum Gasteiger partial charge on any atom is 0.238 e. The molecule has 0 aliphatic rings. The molecule has 4 aromatic rings. The predicted molar refractivity (Wildman–Crippen MR) is 127 cm³/mol. The van der Waals surface area contributed by atoms with Gasteiger partial charge in [0.05, 0.1) is 17.0 Å². The Balaban J connectivity index is 1.45. The van der Waals surface area contributed by atoms with Crippen molar-refractivity contribution in [3.63, 3.8) is 0 Å². The number of hydrogen-bond acceptors (Lipinski definition) is 6. The molecule has 0 aliphatic heterocycles. The number of carbonyl (C=O) groups is 1. The molecule has 33 heavy (non-hydrogen) atoms. The molecule has 0 radical (unpaired) electrons. The number of amides is 1. The van der Waals surface area contributed by atoms with Crippen LogP contribution in [0.1, 0.15) is 5.56 Å². The predicted octanol–water partition coefficient (Wildman–Crippen LogP) is 3.72. The lowest BCUT2D eigenvalue weighted by molar-refractivity contribution is -0.115. The van der Waals surface area contributed by atoms with Crippen LogP contribution in [-0.4, -0.2) is 24.3 Å². The van der Waals surface area contributed by atoms with Gasteiger partial charge in [-0.2, -0.15) is 0 Å². The van der Waals surface area contributed by atoms with Crippen LogP contribution in [0.25, 0.3) is 11.3 Å². The molecule has 4 N–H and O–H groups in total. The fourth-order valence-electron chi connectivity index (χ4n) is 3.17. The molecule has 1 heterocycles. The third kappa shape index (κ3) is 6.00. The van der Waals surface area contributed by atoms with E-state index in [1.807, 2.05) is 54.6 Å². The topological polar surface area (TPSA) is 127 Å². The zero-order chi connectivity index (χ0) is 23.3. The Morgan fingerprint density at radius 3 is 2.36 bits per heavy atom. The Kier molecular flexibility index (Phi) is 6.43. The molecule has 0 unspecified atom stereocenters. The smallest absolute Gasteiger partial charge is 0.238 e. The lowest BCUT2D eigenvalue weighted by Crippen LogP contribution is -2.14. The van der Waals surface area contributed by atoms with Crippen molar-refractivity contribution < 1.29 is 13.2 Å². The molecule has 4 rings (SSSR count). The van der Waals surface area contributed by atoms with Crippen molar-refractivity contribution in [2.45, 2.75) is 11.3 Å². The van der Waals surface area contributed by atoms with E-state index in [9.17, 15) is 13.2 Å². The van der Waals surface area contributed by atoms with Crippen LogP contribution in [-0.2, 0) is 21.2 Å². The molecule has 0 aliphatic carbocycles. The number of primary sulfonamides is 1. The zero-order valence-electron chi connectivity index (χ0n) is 17.5. The van der Waals surface area contributed by atoms with Gasteiger partial charge in [-0.05, 0) is 42.0 Å². The second-order valence-electron chi connectivity index (χ2n) is 7.25. The number of nitrogens with two attached hydrogens (primary N) is 1. The largest absolute Gasteiger partial charge is 0.326 e. The van der Waals surface area contributed by atoms with Crippen molar-refractivity contribution in [1.29, 1.82) is 0 Å². The standard InChI is InChI=1S/C24H21N5O3S/c25-33(31,32)21-8-4-7-20(16-21)28-24-26-14-13-22(29-24)18-9-11-19(12-10-18)27-23(30)15-17-5-2-1-3-6-17/h1-14,16H,15H2,(H,27,30)(H2,25,31,32)(H,26,28,29). The number of hydrogen-bond donors (Lipinski definition) is 3. The molecule has 1 aromatic heterocycles. The summed E-state index contributed by atoms with van der Waals surface area (Å²) in [6.45, 7) is 0. The van der Waals surface area contributed by atoms with E-state index in [2.05, 4.69) is 20.6 Å². The molecule has 0 spiro atoms. The van der Waals surface area contributed by atoms with Crippen LogP contribution in [0.3, 0.4) is 0 Å². The van der Waals surface area contributed by atoms with Crippen LogP contribution in [0.5, 0.6) is 0 Å². The Labute approximate surface area is 191 Å². The van der Waals surface area contributed by atoms with E-state index in [0.717, 1.165) is 11.1 Å². The maximum atomic E-state index is 12.3. The molecule has 0 fully saturated rings. The highest BCUT2D eigenvalue weighted by molar-refractivity contribution is 7.89. The summed E-state index contributed by atoms with van der Waals surface area (Å²) in [5, 5.41) is 11.1. The number of sulfonamides is 1. The van der Waals surface area contributed by atoms with Crippen LogP contribution in [0.2, 0.25) is 0 Å². The Bertz CT molecular complexity index is 1370. The highest BCUT2D eigenvalue weighted by atomic mass is 32.2. The first kappa shape index (κ1) is 22.1. The Morgan fingerprint density at radius 1 is 0.879 bits per heavy atom. The van der Waals surface area contributed by atoms with E-state index >= 15 is 0 Å². The molecule has 3 aromatic carbocycles. The van der Waals surface area contributed by atoms with Gasteiger partial charge in [0.2, 0.25) is 21.9 Å². The van der Waals surface area contributed by atoms with Crippen LogP contribution >= 0.6 is 0 Å². The second kappa shape index (κ2) is 9.60. The summed E-state index contributed by atoms with van der Waals surface area (Å²) >= 11 is 0. The first-order valence-corrected chi connectivity index (χ1v) is 11.6. The molecule has 0 saturated heterocycles. The fourth-order valence-corrected chi connectivity index (χ4v) is 3.73. The van der Waals surface area contributed by atoms with Crippen molar-refractivity contribution in [3.05, 3.63) is 96.7 Å². The van der Waals surface area contributed by atoms with Gasteiger partial charge in [0.1, 0.15) is 0 Å². The average Bonchev–Trinajstić information content (AvgIpc) is 2.80. The van der Waals surface area contributed by atoms with Crippen LogP contribution < -0.4 is 15.8 Å². The summed E-state index contributed by atoms with van der Waals surface area (Å²) in [6.07, 6.45) is 1.90. The minimum absolute atomic E-state index is 0.00597. The van der Waals surface area contributed by atoms with Gasteiger partial charge < -0.3 is 10.6 Å². The quantitative estimate of drug-likeness (QED) is 0.387. The molecule has 0 saturated carbocycles. The van der Waals surface area contributed by atoms with Crippen molar-refractivity contribution in [3.8, 4) is 11.3 Å². The van der Waals surface area contributed by atoms with E-state index in [1.165, 1.54) is 12.1 Å². The van der Waals surface area contributed by atoms with E-state index in [0.29, 0.717) is 29.4 Å². The molecule has 0 bridgehead atoms. The van der Waals surface area contributed by atoms with E-state index < -0.39 is 10.0 Å². The molecule has 166 valence electrons. The van der Waals surface area contributed by atoms with Crippen molar-refractivity contribution in [1.82, 2.24) is 9.97 Å². The van der Waals surface area contributed by atoms with Gasteiger partial charge in [0.25, 0.3) is 0 Å². The number of aromatic nitrogens is 2. The normalized spacial score (nSPS) is 11.1. The highest BCUT2D eigenvalue weighted by Gasteiger charge is 2.09. The highest BCUT2D eigenvalue weighted by Crippen LogP contribution is 2.22. The van der Waals surface area contributed by atoms with Gasteiger partial charge in [-0.3, -0.25) is 4.79 Å². The van der Waals surface area contributed by atoms with E-state index in [1.54, 1.807) is 24.4 Å². The SMILES string of the molecule is NS(=O)(=O)c1cccc(Nc2nccc(-c3ccc(NC(=O)Cc4ccccc4)cc3)n2)c1. The Morgan fingerprint density at radius 2 is 1.64 bits per heavy atom. The van der Waals surface area contributed by atoms with Gasteiger partial charge in [0, 0.05) is 23.1 Å². The first-order valence-electron chi connectivity index (χ1n) is 10.0. The lowest BCUT2D eigenvalue weighted by Gasteiger charge is -2.09. The number of benzene rings is 3. The van der Waals surface area contributed by atoms with Gasteiger partial charge in [-0.15, -0.1) is 0 Å². The summed E-state index contributed by atoms with van der Waals surface area (Å²) in [5.74, 6) is 0.212. The summed E-state index contributed by atoms with van der Waals surface area (Å²) in [6, 6.07) is 24.7. The minimum atomic E-state index is -3.81. The molecule has 9 heteroatoms. The number of carbonyl (C=O) groups excluding carboxylic acids is 1. The fraction of sp³-hybridized carbons (Fsp3) is 0.0417. The van der Waals surface area contributed by atoms with Crippen molar-refractivity contribution >= 4 is 33.3 Å². The molecular formula is C24H21N5O3S. The number of nitrogens with zero attached hydrogens (tertiary/aromatic N) is 2. The Hall–Kier alpha value is -4.08. The maximum absolute atomic E-state index is 12.3. The summed E-state index contributed by atoms with van der Waals surface area (Å²) in [5.41, 5.74) is 3.63. The van der Waals surface area contributed by atoms with E-state index in [-0.39, 0.29) is 10.8 Å². The molecular weight excluding hydrogens is 438 g/mol. The second-order valence-corrected chi connectivity index (χ2v) is 8.81. The number of anilines is 3. The molecule has 8 nitrogen and oxygen atoms in total. The van der Waals surface area contributed by atoms with Crippen LogP contribution in [0.15, 0.2) is 96.0 Å². The summed E-state index contributed by atoms with van der Waals surface area (Å²) in [7, 11) is -3.81. The van der Waals surface area contributed by atoms with Gasteiger partial charge in [-0.25, -0.2) is 23.5 Å².